The fraction of sp³-hybridized carbons (Fsp3) is 0. The average molecular weight is 264 g/mol. The molecule has 0 fully saturated rings. The summed E-state index contributed by atoms with van der Waals surface area (Å²) < 4.78 is 1.87. The van der Waals surface area contributed by atoms with Crippen molar-refractivity contribution in [3.8, 4) is 22.2 Å². The van der Waals surface area contributed by atoms with Gasteiger partial charge in [-0.05, 0) is 17.9 Å². The van der Waals surface area contributed by atoms with Gasteiger partial charge < -0.3 is 3.67 Å². The summed E-state index contributed by atoms with van der Waals surface area (Å²) in [7, 11) is 1.21. The summed E-state index contributed by atoms with van der Waals surface area (Å²) in [6.07, 6.45) is 0. The first-order valence-electron chi connectivity index (χ1n) is 5.66. The minimum absolute atomic E-state index is 1.01. The summed E-state index contributed by atoms with van der Waals surface area (Å²) in [4.78, 5) is 0. The molecule has 0 unspecified atom stereocenters. The van der Waals surface area contributed by atoms with Gasteiger partial charge in [0, 0.05) is 16.6 Å². The maximum Gasteiger partial charge on any atom is 0.354 e. The van der Waals surface area contributed by atoms with Crippen LogP contribution in [0.2, 0.25) is 0 Å². The Morgan fingerprint density at radius 3 is 2.50 bits per heavy atom. The van der Waals surface area contributed by atoms with Gasteiger partial charge >= 0.3 is 16.5 Å². The molecule has 0 aliphatic heterocycles. The topological polar surface area (TPSA) is 17.8 Å². The van der Waals surface area contributed by atoms with Crippen LogP contribution in [0, 0.1) is 0 Å². The molecule has 0 aliphatic carbocycles. The zero-order valence-electron chi connectivity index (χ0n) is 9.69. The van der Waals surface area contributed by atoms with Crippen LogP contribution < -0.4 is 0 Å². The maximum absolute atomic E-state index is 4.55. The number of benzene rings is 1. The lowest BCUT2D eigenvalue weighted by atomic mass is 10.1. The fourth-order valence-electron chi connectivity index (χ4n) is 1.85. The van der Waals surface area contributed by atoms with Crippen molar-refractivity contribution in [3.63, 3.8) is 0 Å². The van der Waals surface area contributed by atoms with Crippen molar-refractivity contribution in [2.24, 2.45) is 0 Å². The number of hydrogen-bond acceptors (Lipinski definition) is 1. The predicted octanol–water partition coefficient (Wildman–Crippen LogP) is 3.73. The van der Waals surface area contributed by atoms with Crippen LogP contribution in [0.5, 0.6) is 0 Å². The van der Waals surface area contributed by atoms with Gasteiger partial charge in [-0.3, -0.25) is 0 Å². The van der Waals surface area contributed by atoms with Crippen LogP contribution in [-0.4, -0.2) is 25.3 Å². The fourth-order valence-corrected chi connectivity index (χ4v) is 3.11. The van der Waals surface area contributed by atoms with Gasteiger partial charge in [0.2, 0.25) is 0 Å². The summed E-state index contributed by atoms with van der Waals surface area (Å²) >= 11 is 2.65. The number of rotatable bonds is 2. The molecule has 2 heterocycles. The molecule has 1 aromatic carbocycles. The van der Waals surface area contributed by atoms with Crippen LogP contribution in [-0.2, 0) is 0 Å². The van der Waals surface area contributed by atoms with Crippen molar-refractivity contribution >= 4 is 24.7 Å². The molecule has 0 aliphatic rings. The Kier molecular flexibility index (Phi) is 3.30. The minimum Gasteiger partial charge on any atom is -0.383 e. The molecule has 2 aromatic heterocycles. The largest absolute Gasteiger partial charge is 0.383 e. The summed E-state index contributed by atoms with van der Waals surface area (Å²) in [5.41, 5.74) is 3.29. The third-order valence-electron chi connectivity index (χ3n) is 2.73. The van der Waals surface area contributed by atoms with Gasteiger partial charge in [0.1, 0.15) is 0 Å². The Hall–Kier alpha value is -1.39. The molecule has 0 atom stereocenters. The summed E-state index contributed by atoms with van der Waals surface area (Å²) in [6, 6.07) is 18.6. The van der Waals surface area contributed by atoms with Crippen LogP contribution in [0.25, 0.3) is 22.2 Å². The number of aromatic nitrogens is 2. The van der Waals surface area contributed by atoms with E-state index >= 15 is 0 Å². The molecule has 0 saturated carbocycles. The predicted molar refractivity (Wildman–Crippen MR) is 76.8 cm³/mol. The second kappa shape index (κ2) is 5.08. The second-order valence-corrected chi connectivity index (χ2v) is 5.47. The summed E-state index contributed by atoms with van der Waals surface area (Å²) in [6.45, 7) is 0. The van der Waals surface area contributed by atoms with Crippen LogP contribution in [0.15, 0.2) is 60.4 Å². The standard InChI is InChI=1S/C14H10N2P.Al/c1-2-6-11(7-3-1)12-10-13(16-15-12)14-8-4-5-9-17-14;/h1-10H;/q-1;+1. The highest BCUT2D eigenvalue weighted by Crippen LogP contribution is 2.29. The molecule has 3 aromatic rings. The Morgan fingerprint density at radius 2 is 1.78 bits per heavy atom. The van der Waals surface area contributed by atoms with E-state index in [1.54, 1.807) is 0 Å². The minimum atomic E-state index is 1.01. The third-order valence-corrected chi connectivity index (χ3v) is 4.10. The average Bonchev–Trinajstić information content (AvgIpc) is 2.83. The SMILES string of the molecule is [Al][n]1nc(-c2ccccc2)cc1-c1ccccp1. The van der Waals surface area contributed by atoms with Crippen LogP contribution in [0.3, 0.4) is 0 Å². The van der Waals surface area contributed by atoms with E-state index in [9.17, 15) is 0 Å². The first-order valence-corrected chi connectivity index (χ1v) is 7.14. The van der Waals surface area contributed by atoms with Crippen molar-refractivity contribution in [2.45, 2.75) is 0 Å². The smallest absolute Gasteiger partial charge is 0.354 e. The van der Waals surface area contributed by atoms with Crippen molar-refractivity contribution < 1.29 is 0 Å². The molecule has 4 heteroatoms. The molecule has 0 amide bonds. The molecule has 0 bridgehead atoms. The Balaban J connectivity index is 2.07. The Morgan fingerprint density at radius 1 is 1.00 bits per heavy atom. The second-order valence-electron chi connectivity index (χ2n) is 3.94. The number of hydrogen-bond donors (Lipinski definition) is 0. The van der Waals surface area contributed by atoms with Crippen molar-refractivity contribution in [1.82, 2.24) is 8.76 Å². The quantitative estimate of drug-likeness (QED) is 0.645. The molecule has 84 valence electrons. The lowest BCUT2D eigenvalue weighted by Crippen LogP contribution is -1.95. The van der Waals surface area contributed by atoms with Gasteiger partial charge in [0.05, 0.1) is 5.69 Å². The van der Waals surface area contributed by atoms with Crippen molar-refractivity contribution in [1.29, 1.82) is 0 Å². The van der Waals surface area contributed by atoms with E-state index in [2.05, 4.69) is 63.8 Å². The van der Waals surface area contributed by atoms with E-state index in [1.807, 2.05) is 21.9 Å². The van der Waals surface area contributed by atoms with Crippen LogP contribution >= 0.6 is 8.19 Å². The monoisotopic (exact) mass is 264 g/mol. The highest BCUT2D eigenvalue weighted by Gasteiger charge is 2.07. The Bertz CT molecular complexity index is 650. The zero-order valence-corrected chi connectivity index (χ0v) is 11.7. The summed E-state index contributed by atoms with van der Waals surface area (Å²) in [5, 5.41) is 5.82. The molecule has 0 spiro atoms. The first-order chi connectivity index (χ1) is 8.84. The maximum atomic E-state index is 4.55. The highest BCUT2D eigenvalue weighted by molar-refractivity contribution is 7.33. The molecule has 18 heavy (non-hydrogen) atoms. The molecule has 0 saturated heterocycles. The van der Waals surface area contributed by atoms with E-state index < -0.39 is 0 Å². The lowest BCUT2D eigenvalue weighted by molar-refractivity contribution is 1.00. The Labute approximate surface area is 116 Å². The van der Waals surface area contributed by atoms with Crippen molar-refractivity contribution in [2.75, 3.05) is 0 Å². The molecule has 3 rings (SSSR count). The van der Waals surface area contributed by atoms with E-state index in [0.29, 0.717) is 0 Å². The van der Waals surface area contributed by atoms with Gasteiger partial charge in [-0.2, -0.15) is 0 Å². The van der Waals surface area contributed by atoms with Gasteiger partial charge in [0.15, 0.2) is 0 Å². The molecular weight excluding hydrogens is 254 g/mol. The van der Waals surface area contributed by atoms with Crippen molar-refractivity contribution in [3.05, 3.63) is 60.4 Å². The summed E-state index contributed by atoms with van der Waals surface area (Å²) in [5.74, 6) is 2.13. The third kappa shape index (κ3) is 2.26. The highest BCUT2D eigenvalue weighted by atomic mass is 31.0. The molecule has 2 radical (unpaired) electrons. The van der Waals surface area contributed by atoms with Gasteiger partial charge in [-0.25, -0.2) is 5.10 Å². The van der Waals surface area contributed by atoms with E-state index in [1.165, 1.54) is 13.5 Å². The zero-order chi connectivity index (χ0) is 12.4. The van der Waals surface area contributed by atoms with Crippen LogP contribution in [0.1, 0.15) is 0 Å². The van der Waals surface area contributed by atoms with E-state index in [0.717, 1.165) is 17.0 Å². The van der Waals surface area contributed by atoms with Gasteiger partial charge in [0.25, 0.3) is 0 Å². The van der Waals surface area contributed by atoms with Gasteiger partial charge in [-0.1, -0.05) is 50.7 Å². The lowest BCUT2D eigenvalue weighted by Gasteiger charge is -2.01. The molecule has 0 N–H and O–H groups in total. The first kappa shape index (κ1) is 11.7. The molecular formula is C14H10AlN2P. The van der Waals surface area contributed by atoms with E-state index in [-0.39, 0.29) is 0 Å². The molecule has 2 nitrogen and oxygen atoms in total. The van der Waals surface area contributed by atoms with Crippen LogP contribution in [0.4, 0.5) is 0 Å². The number of nitrogens with zero attached hydrogens (tertiary/aromatic N) is 2. The van der Waals surface area contributed by atoms with E-state index in [4.69, 9.17) is 0 Å². The normalized spacial score (nSPS) is 10.9. The van der Waals surface area contributed by atoms with Gasteiger partial charge in [-0.15, -0.1) is 0 Å².